The summed E-state index contributed by atoms with van der Waals surface area (Å²) >= 11 is 0. The van der Waals surface area contributed by atoms with Crippen molar-refractivity contribution >= 4 is 22.7 Å². The molecule has 0 aliphatic rings. The van der Waals surface area contributed by atoms with Crippen LogP contribution in [0.1, 0.15) is 33.3 Å². The summed E-state index contributed by atoms with van der Waals surface area (Å²) < 4.78 is 5.09. The van der Waals surface area contributed by atoms with E-state index >= 15 is 0 Å². The summed E-state index contributed by atoms with van der Waals surface area (Å²) in [4.78, 5) is 28.5. The second kappa shape index (κ2) is 5.65. The first-order valence-corrected chi connectivity index (χ1v) is 6.24. The van der Waals surface area contributed by atoms with Crippen molar-refractivity contribution in [2.75, 3.05) is 6.61 Å². The van der Waals surface area contributed by atoms with Gasteiger partial charge >= 0.3 is 5.97 Å². The van der Waals surface area contributed by atoms with Crippen molar-refractivity contribution in [3.8, 4) is 0 Å². The van der Waals surface area contributed by atoms with E-state index in [1.165, 1.54) is 13.0 Å². The van der Waals surface area contributed by atoms with E-state index in [1.54, 1.807) is 25.1 Å². The van der Waals surface area contributed by atoms with Crippen molar-refractivity contribution in [3.05, 3.63) is 53.7 Å². The van der Waals surface area contributed by atoms with Gasteiger partial charge in [-0.25, -0.2) is 4.79 Å². The Kier molecular flexibility index (Phi) is 3.94. The first kappa shape index (κ1) is 13.9. The molecule has 0 amide bonds. The molecule has 0 fully saturated rings. The second-order valence-corrected chi connectivity index (χ2v) is 4.41. The van der Waals surface area contributed by atoms with Crippen LogP contribution in [0, 0.1) is 6.92 Å². The Morgan fingerprint density at radius 2 is 2.00 bits per heavy atom. The van der Waals surface area contributed by atoms with Gasteiger partial charge in [0.25, 0.3) is 0 Å². The molecular formula is C16H15NO3. The number of aromatic nitrogens is 1. The van der Waals surface area contributed by atoms with Gasteiger partial charge in [-0.3, -0.25) is 9.78 Å². The smallest absolute Gasteiger partial charge is 0.339 e. The molecule has 1 aromatic carbocycles. The van der Waals surface area contributed by atoms with E-state index < -0.39 is 5.97 Å². The van der Waals surface area contributed by atoms with Gasteiger partial charge in [-0.05, 0) is 19.9 Å². The van der Waals surface area contributed by atoms with Crippen LogP contribution in [0.2, 0.25) is 0 Å². The average Bonchev–Trinajstić information content (AvgIpc) is 2.42. The Labute approximate surface area is 117 Å². The van der Waals surface area contributed by atoms with Crippen LogP contribution >= 0.6 is 0 Å². The molecule has 4 heteroatoms. The maximum atomic E-state index is 12.2. The lowest BCUT2D eigenvalue weighted by molar-refractivity contribution is 0.0548. The van der Waals surface area contributed by atoms with Gasteiger partial charge in [0, 0.05) is 11.1 Å². The number of fused-ring (bicyclic) bond motifs is 1. The molecule has 0 atom stereocenters. The molecule has 0 aliphatic heterocycles. The fourth-order valence-electron chi connectivity index (χ4n) is 2.18. The molecule has 102 valence electrons. The van der Waals surface area contributed by atoms with E-state index in [2.05, 4.69) is 11.6 Å². The van der Waals surface area contributed by atoms with Crippen LogP contribution in [0.4, 0.5) is 0 Å². The van der Waals surface area contributed by atoms with Crippen LogP contribution in [0.5, 0.6) is 0 Å². The Morgan fingerprint density at radius 3 is 2.65 bits per heavy atom. The van der Waals surface area contributed by atoms with Crippen molar-refractivity contribution in [2.24, 2.45) is 0 Å². The van der Waals surface area contributed by atoms with Gasteiger partial charge in [-0.15, -0.1) is 0 Å². The van der Waals surface area contributed by atoms with E-state index in [0.717, 1.165) is 0 Å². The van der Waals surface area contributed by atoms with Crippen molar-refractivity contribution in [1.82, 2.24) is 4.98 Å². The first-order valence-electron chi connectivity index (χ1n) is 6.24. The second-order valence-electron chi connectivity index (χ2n) is 4.41. The zero-order chi connectivity index (χ0) is 14.7. The van der Waals surface area contributed by atoms with Gasteiger partial charge in [-0.2, -0.15) is 0 Å². The van der Waals surface area contributed by atoms with Gasteiger partial charge in [-0.1, -0.05) is 30.9 Å². The minimum Gasteiger partial charge on any atom is -0.458 e. The molecule has 0 radical (unpaired) electrons. The van der Waals surface area contributed by atoms with Gasteiger partial charge in [0.2, 0.25) is 0 Å². The third-order valence-corrected chi connectivity index (χ3v) is 2.96. The van der Waals surface area contributed by atoms with Gasteiger partial charge < -0.3 is 4.74 Å². The van der Waals surface area contributed by atoms with Crippen molar-refractivity contribution in [2.45, 2.75) is 13.8 Å². The molecule has 0 spiro atoms. The maximum Gasteiger partial charge on any atom is 0.339 e. The lowest BCUT2D eigenvalue weighted by Gasteiger charge is -2.12. The summed E-state index contributed by atoms with van der Waals surface area (Å²) in [6.07, 6.45) is 1.49. The molecule has 0 unspecified atom stereocenters. The number of benzene rings is 1. The number of carbonyl (C=O) groups excluding carboxylic acids is 2. The van der Waals surface area contributed by atoms with E-state index in [4.69, 9.17) is 4.74 Å². The fraction of sp³-hybridized carbons (Fsp3) is 0.188. The Balaban J connectivity index is 2.75. The Bertz CT molecular complexity index is 704. The number of Topliss-reactive ketones (excluding diaryl/α,β-unsaturated/α-hetero) is 1. The molecule has 1 aromatic heterocycles. The van der Waals surface area contributed by atoms with Gasteiger partial charge in [0.15, 0.2) is 5.78 Å². The summed E-state index contributed by atoms with van der Waals surface area (Å²) in [5, 5.41) is 0.623. The summed E-state index contributed by atoms with van der Waals surface area (Å²) in [5.41, 5.74) is 1.79. The average molecular weight is 269 g/mol. The SMILES string of the molecule is C=CCOC(=O)c1c(C(C)=O)c(C)nc2ccccc12. The van der Waals surface area contributed by atoms with Crippen LogP contribution in [0.3, 0.4) is 0 Å². The maximum absolute atomic E-state index is 12.2. The molecule has 0 saturated heterocycles. The topological polar surface area (TPSA) is 56.3 Å². The van der Waals surface area contributed by atoms with E-state index in [-0.39, 0.29) is 18.0 Å². The zero-order valence-electron chi connectivity index (χ0n) is 11.5. The van der Waals surface area contributed by atoms with Crippen LogP contribution in [0.25, 0.3) is 10.9 Å². The zero-order valence-corrected chi connectivity index (χ0v) is 11.5. The standard InChI is InChI=1S/C16H15NO3/c1-4-9-20-16(19)15-12-7-5-6-8-13(12)17-10(2)14(15)11(3)18/h4-8H,1,9H2,2-3H3. The molecule has 0 N–H and O–H groups in total. The number of aryl methyl sites for hydroxylation is 1. The predicted octanol–water partition coefficient (Wildman–Crippen LogP) is 3.09. The summed E-state index contributed by atoms with van der Waals surface area (Å²) in [6.45, 7) is 6.75. The minimum absolute atomic E-state index is 0.103. The third-order valence-electron chi connectivity index (χ3n) is 2.96. The Morgan fingerprint density at radius 1 is 1.30 bits per heavy atom. The number of esters is 1. The minimum atomic E-state index is -0.531. The number of ether oxygens (including phenoxy) is 1. The number of para-hydroxylation sites is 1. The quantitative estimate of drug-likeness (QED) is 0.486. The molecule has 0 bridgehead atoms. The number of hydrogen-bond acceptors (Lipinski definition) is 4. The summed E-state index contributed by atoms with van der Waals surface area (Å²) in [7, 11) is 0. The molecule has 4 nitrogen and oxygen atoms in total. The number of ketones is 1. The highest BCUT2D eigenvalue weighted by Crippen LogP contribution is 2.24. The number of rotatable bonds is 4. The van der Waals surface area contributed by atoms with Gasteiger partial charge in [0.1, 0.15) is 6.61 Å². The molecule has 0 aliphatic carbocycles. The fourth-order valence-corrected chi connectivity index (χ4v) is 2.18. The highest BCUT2D eigenvalue weighted by molar-refractivity contribution is 6.13. The van der Waals surface area contributed by atoms with Crippen molar-refractivity contribution in [3.63, 3.8) is 0 Å². The number of pyridine rings is 1. The van der Waals surface area contributed by atoms with Crippen LogP contribution < -0.4 is 0 Å². The summed E-state index contributed by atoms with van der Waals surface area (Å²) in [5.74, 6) is -0.733. The monoisotopic (exact) mass is 269 g/mol. The molecular weight excluding hydrogens is 254 g/mol. The first-order chi connectivity index (χ1) is 9.56. The van der Waals surface area contributed by atoms with Crippen LogP contribution in [-0.2, 0) is 4.74 Å². The molecule has 1 heterocycles. The number of nitrogens with zero attached hydrogens (tertiary/aromatic N) is 1. The lowest BCUT2D eigenvalue weighted by atomic mass is 9.98. The molecule has 2 rings (SSSR count). The number of carbonyl (C=O) groups is 2. The van der Waals surface area contributed by atoms with Crippen molar-refractivity contribution in [1.29, 1.82) is 0 Å². The van der Waals surface area contributed by atoms with E-state index in [1.807, 2.05) is 6.07 Å². The lowest BCUT2D eigenvalue weighted by Crippen LogP contribution is -2.14. The normalized spacial score (nSPS) is 10.3. The number of hydrogen-bond donors (Lipinski definition) is 0. The third kappa shape index (κ3) is 2.45. The van der Waals surface area contributed by atoms with Gasteiger partial charge in [0.05, 0.1) is 16.6 Å². The highest BCUT2D eigenvalue weighted by Gasteiger charge is 2.22. The molecule has 20 heavy (non-hydrogen) atoms. The molecule has 0 saturated carbocycles. The van der Waals surface area contributed by atoms with E-state index in [0.29, 0.717) is 22.2 Å². The molecule has 2 aromatic rings. The van der Waals surface area contributed by atoms with Crippen LogP contribution in [0.15, 0.2) is 36.9 Å². The van der Waals surface area contributed by atoms with E-state index in [9.17, 15) is 9.59 Å². The predicted molar refractivity (Wildman–Crippen MR) is 77.0 cm³/mol. The highest BCUT2D eigenvalue weighted by atomic mass is 16.5. The summed E-state index contributed by atoms with van der Waals surface area (Å²) in [6, 6.07) is 7.20. The Hall–Kier alpha value is -2.49. The van der Waals surface area contributed by atoms with Crippen LogP contribution in [-0.4, -0.2) is 23.3 Å². The van der Waals surface area contributed by atoms with Crippen molar-refractivity contribution < 1.29 is 14.3 Å². The largest absolute Gasteiger partial charge is 0.458 e.